The molecule has 0 saturated carbocycles. The first-order valence-corrected chi connectivity index (χ1v) is 11.3. The van der Waals surface area contributed by atoms with E-state index in [0.29, 0.717) is 16.5 Å². The number of hydrogen-bond donors (Lipinski definition) is 1. The number of rotatable bonds is 7. The van der Waals surface area contributed by atoms with Gasteiger partial charge in [0.1, 0.15) is 0 Å². The molecule has 0 aliphatic heterocycles. The molecular formula is C25H22N4O2S. The Morgan fingerprint density at radius 1 is 0.906 bits per heavy atom. The first-order valence-electron chi connectivity index (χ1n) is 10.3. The lowest BCUT2D eigenvalue weighted by Gasteiger charge is -2.09. The Labute approximate surface area is 190 Å². The molecule has 0 bridgehead atoms. The van der Waals surface area contributed by atoms with E-state index in [9.17, 15) is 9.59 Å². The fourth-order valence-electron chi connectivity index (χ4n) is 3.20. The molecule has 1 amide bonds. The third-order valence-corrected chi connectivity index (χ3v) is 5.76. The minimum atomic E-state index is -0.292. The number of anilines is 1. The van der Waals surface area contributed by atoms with E-state index >= 15 is 0 Å². The van der Waals surface area contributed by atoms with Crippen LogP contribution in [0.5, 0.6) is 0 Å². The zero-order chi connectivity index (χ0) is 22.3. The Bertz CT molecular complexity index is 1220. The van der Waals surface area contributed by atoms with Gasteiger partial charge in [0.15, 0.2) is 11.0 Å². The number of carbonyl (C=O) groups is 2. The van der Waals surface area contributed by atoms with Gasteiger partial charge in [-0.25, -0.2) is 4.98 Å². The van der Waals surface area contributed by atoms with Crippen LogP contribution in [0.2, 0.25) is 0 Å². The highest BCUT2D eigenvalue weighted by Gasteiger charge is 2.20. The molecule has 0 radical (unpaired) electrons. The molecule has 3 aromatic carbocycles. The average molecular weight is 443 g/mol. The van der Waals surface area contributed by atoms with Crippen LogP contribution in [0.3, 0.4) is 0 Å². The van der Waals surface area contributed by atoms with E-state index in [1.54, 1.807) is 24.3 Å². The van der Waals surface area contributed by atoms with E-state index in [0.717, 1.165) is 23.2 Å². The van der Waals surface area contributed by atoms with Crippen molar-refractivity contribution in [3.63, 3.8) is 0 Å². The number of aryl methyl sites for hydroxylation is 1. The lowest BCUT2D eigenvalue weighted by atomic mass is 10.1. The molecule has 0 spiro atoms. The van der Waals surface area contributed by atoms with Crippen LogP contribution in [0.1, 0.15) is 22.8 Å². The van der Waals surface area contributed by atoms with Gasteiger partial charge in [0.2, 0.25) is 5.91 Å². The van der Waals surface area contributed by atoms with E-state index < -0.39 is 0 Å². The average Bonchev–Trinajstić information content (AvgIpc) is 3.28. The number of benzene rings is 3. The summed E-state index contributed by atoms with van der Waals surface area (Å²) in [4.78, 5) is 30.2. The molecule has 1 heterocycles. The smallest absolute Gasteiger partial charge is 0.280 e. The number of amides is 1. The highest BCUT2D eigenvalue weighted by Crippen LogP contribution is 2.23. The van der Waals surface area contributed by atoms with Gasteiger partial charge < -0.3 is 5.32 Å². The summed E-state index contributed by atoms with van der Waals surface area (Å²) in [6, 6.07) is 26.1. The van der Waals surface area contributed by atoms with Crippen molar-refractivity contribution in [2.45, 2.75) is 18.5 Å². The molecule has 0 unspecified atom stereocenters. The molecule has 4 aromatic rings. The number of para-hydroxylation sites is 1. The highest BCUT2D eigenvalue weighted by molar-refractivity contribution is 7.99. The van der Waals surface area contributed by atoms with Crippen LogP contribution >= 0.6 is 11.8 Å². The molecule has 0 fully saturated rings. The van der Waals surface area contributed by atoms with Gasteiger partial charge in [-0.3, -0.25) is 9.59 Å². The van der Waals surface area contributed by atoms with Gasteiger partial charge >= 0.3 is 0 Å². The monoisotopic (exact) mass is 442 g/mol. The van der Waals surface area contributed by atoms with Crippen LogP contribution in [-0.2, 0) is 11.2 Å². The van der Waals surface area contributed by atoms with Crippen LogP contribution in [0, 0.1) is 0 Å². The molecule has 4 rings (SSSR count). The van der Waals surface area contributed by atoms with Crippen LogP contribution < -0.4 is 5.32 Å². The second kappa shape index (κ2) is 10.1. The molecule has 6 nitrogen and oxygen atoms in total. The molecule has 0 atom stereocenters. The second-order valence-corrected chi connectivity index (χ2v) is 7.96. The van der Waals surface area contributed by atoms with Crippen molar-refractivity contribution in [1.29, 1.82) is 0 Å². The van der Waals surface area contributed by atoms with Crippen molar-refractivity contribution in [3.05, 3.63) is 96.1 Å². The van der Waals surface area contributed by atoms with Gasteiger partial charge in [0, 0.05) is 16.8 Å². The summed E-state index contributed by atoms with van der Waals surface area (Å²) in [6.45, 7) is 2.04. The third kappa shape index (κ3) is 4.95. The quantitative estimate of drug-likeness (QED) is 0.411. The van der Waals surface area contributed by atoms with Crippen LogP contribution in [0.4, 0.5) is 5.69 Å². The lowest BCUT2D eigenvalue weighted by Crippen LogP contribution is -2.18. The van der Waals surface area contributed by atoms with E-state index in [-0.39, 0.29) is 17.6 Å². The SMILES string of the molecule is CCc1ccccc1NC(=O)CSc1nc(-c2ccccc2)nn1C(=O)c1ccccc1. The van der Waals surface area contributed by atoms with Crippen molar-refractivity contribution < 1.29 is 9.59 Å². The number of nitrogens with one attached hydrogen (secondary N) is 1. The number of thioether (sulfide) groups is 1. The number of hydrogen-bond acceptors (Lipinski definition) is 5. The largest absolute Gasteiger partial charge is 0.325 e. The summed E-state index contributed by atoms with van der Waals surface area (Å²) in [5, 5.41) is 7.77. The Hall–Kier alpha value is -3.71. The topological polar surface area (TPSA) is 76.9 Å². The Morgan fingerprint density at radius 3 is 2.28 bits per heavy atom. The molecule has 32 heavy (non-hydrogen) atoms. The standard InChI is InChI=1S/C25H22N4O2S/c1-2-18-11-9-10-16-21(18)26-22(30)17-32-25-27-23(19-12-5-3-6-13-19)28-29(25)24(31)20-14-7-4-8-15-20/h3-16H,2,17H2,1H3,(H,26,30). The van der Waals surface area contributed by atoms with Crippen molar-refractivity contribution in [1.82, 2.24) is 14.8 Å². The predicted molar refractivity (Wildman–Crippen MR) is 127 cm³/mol. The summed E-state index contributed by atoms with van der Waals surface area (Å²) < 4.78 is 1.27. The van der Waals surface area contributed by atoms with Crippen molar-refractivity contribution >= 4 is 29.3 Å². The highest BCUT2D eigenvalue weighted by atomic mass is 32.2. The number of aromatic nitrogens is 3. The van der Waals surface area contributed by atoms with Gasteiger partial charge in [-0.2, -0.15) is 4.68 Å². The minimum absolute atomic E-state index is 0.104. The maximum atomic E-state index is 13.1. The zero-order valence-corrected chi connectivity index (χ0v) is 18.4. The summed E-state index contributed by atoms with van der Waals surface area (Å²) >= 11 is 1.18. The molecule has 1 N–H and O–H groups in total. The third-order valence-electron chi connectivity index (χ3n) is 4.83. The molecular weight excluding hydrogens is 420 g/mol. The maximum absolute atomic E-state index is 13.1. The van der Waals surface area contributed by atoms with E-state index in [2.05, 4.69) is 15.4 Å². The second-order valence-electron chi connectivity index (χ2n) is 7.01. The number of carbonyl (C=O) groups excluding carboxylic acids is 2. The molecule has 7 heteroatoms. The van der Waals surface area contributed by atoms with Crippen LogP contribution in [-0.4, -0.2) is 32.3 Å². The van der Waals surface area contributed by atoms with Crippen molar-refractivity contribution in [2.75, 3.05) is 11.1 Å². The first-order chi connectivity index (χ1) is 15.7. The van der Waals surface area contributed by atoms with E-state index in [1.807, 2.05) is 67.6 Å². The molecule has 0 aliphatic carbocycles. The fraction of sp³-hybridized carbons (Fsp3) is 0.120. The van der Waals surface area contributed by atoms with Crippen molar-refractivity contribution in [3.8, 4) is 11.4 Å². The molecule has 160 valence electrons. The molecule has 0 aliphatic rings. The first kappa shape index (κ1) is 21.5. The Balaban J connectivity index is 1.57. The Morgan fingerprint density at radius 2 is 1.56 bits per heavy atom. The maximum Gasteiger partial charge on any atom is 0.280 e. The zero-order valence-electron chi connectivity index (χ0n) is 17.6. The molecule has 0 saturated heterocycles. The summed E-state index contributed by atoms with van der Waals surface area (Å²) in [5.74, 6) is 0.0834. The summed E-state index contributed by atoms with van der Waals surface area (Å²) in [6.07, 6.45) is 0.823. The minimum Gasteiger partial charge on any atom is -0.325 e. The van der Waals surface area contributed by atoms with Crippen LogP contribution in [0.25, 0.3) is 11.4 Å². The fourth-order valence-corrected chi connectivity index (χ4v) is 3.93. The normalized spacial score (nSPS) is 10.7. The van der Waals surface area contributed by atoms with Gasteiger partial charge in [0.05, 0.1) is 5.75 Å². The predicted octanol–water partition coefficient (Wildman–Crippen LogP) is 4.93. The lowest BCUT2D eigenvalue weighted by molar-refractivity contribution is -0.113. The molecule has 1 aromatic heterocycles. The number of nitrogens with zero attached hydrogens (tertiary/aromatic N) is 3. The van der Waals surface area contributed by atoms with Gasteiger partial charge in [-0.05, 0) is 30.2 Å². The van der Waals surface area contributed by atoms with E-state index in [4.69, 9.17) is 0 Å². The summed E-state index contributed by atoms with van der Waals surface area (Å²) in [5.41, 5.74) is 3.17. The van der Waals surface area contributed by atoms with Gasteiger partial charge in [-0.1, -0.05) is 85.4 Å². The summed E-state index contributed by atoms with van der Waals surface area (Å²) in [7, 11) is 0. The Kier molecular flexibility index (Phi) is 6.77. The van der Waals surface area contributed by atoms with Gasteiger partial charge in [-0.15, -0.1) is 5.10 Å². The van der Waals surface area contributed by atoms with Crippen molar-refractivity contribution in [2.24, 2.45) is 0 Å². The van der Waals surface area contributed by atoms with Gasteiger partial charge in [0.25, 0.3) is 5.91 Å². The van der Waals surface area contributed by atoms with E-state index in [1.165, 1.54) is 16.4 Å². The van der Waals surface area contributed by atoms with Crippen LogP contribution in [0.15, 0.2) is 90.1 Å².